The second-order valence-electron chi connectivity index (χ2n) is 6.82. The molecule has 0 aliphatic rings. The molecule has 1 aromatic heterocycles. The van der Waals surface area contributed by atoms with Gasteiger partial charge >= 0.3 is 6.18 Å². The number of nitrogens with one attached hydrogen (secondary N) is 2. The van der Waals surface area contributed by atoms with Crippen molar-refractivity contribution in [2.24, 2.45) is 5.41 Å². The van der Waals surface area contributed by atoms with Crippen LogP contribution in [0.1, 0.15) is 39.0 Å². The number of aromatic nitrogens is 2. The summed E-state index contributed by atoms with van der Waals surface area (Å²) in [5, 5.41) is 4.91. The van der Waals surface area contributed by atoms with E-state index < -0.39 is 23.4 Å². The Kier molecular flexibility index (Phi) is 9.37. The number of rotatable bonds is 10. The lowest BCUT2D eigenvalue weighted by Gasteiger charge is -2.24. The number of carbonyl (C=O) groups is 2. The summed E-state index contributed by atoms with van der Waals surface area (Å²) in [6, 6.07) is 0. The van der Waals surface area contributed by atoms with Crippen LogP contribution in [-0.4, -0.2) is 54.4 Å². The van der Waals surface area contributed by atoms with E-state index in [0.717, 1.165) is 19.9 Å². The molecule has 11 heteroatoms. The van der Waals surface area contributed by atoms with Crippen molar-refractivity contribution in [3.05, 3.63) is 17.3 Å². The molecule has 0 bridgehead atoms. The fourth-order valence-electron chi connectivity index (χ4n) is 2.04. The zero-order valence-electron chi connectivity index (χ0n) is 17.6. The van der Waals surface area contributed by atoms with Gasteiger partial charge in [-0.3, -0.25) is 14.9 Å². The van der Waals surface area contributed by atoms with Gasteiger partial charge in [-0.25, -0.2) is 4.98 Å². The molecule has 0 spiro atoms. The van der Waals surface area contributed by atoms with Crippen LogP contribution in [0.15, 0.2) is 6.08 Å². The van der Waals surface area contributed by atoms with Crippen molar-refractivity contribution < 1.29 is 32.2 Å². The molecule has 0 atom stereocenters. The van der Waals surface area contributed by atoms with Crippen LogP contribution in [0.25, 0.3) is 6.08 Å². The molecule has 168 valence electrons. The summed E-state index contributed by atoms with van der Waals surface area (Å²) in [6.45, 7) is 7.18. The number of nitrogens with zero attached hydrogens (tertiary/aromatic N) is 2. The fourth-order valence-corrected chi connectivity index (χ4v) is 2.04. The summed E-state index contributed by atoms with van der Waals surface area (Å²) in [4.78, 5) is 32.1. The van der Waals surface area contributed by atoms with Gasteiger partial charge in [0.05, 0.1) is 11.1 Å². The molecule has 0 aromatic carbocycles. The highest BCUT2D eigenvalue weighted by Gasteiger charge is 2.45. The largest absolute Gasteiger partial charge is 0.397 e. The maximum atomic E-state index is 13.2. The first-order chi connectivity index (χ1) is 13.9. The molecule has 2 N–H and O–H groups in total. The molecular formula is C19H27F3N4O4. The fraction of sp³-hybridized carbons (Fsp3) is 0.579. The van der Waals surface area contributed by atoms with Gasteiger partial charge in [0, 0.05) is 18.8 Å². The van der Waals surface area contributed by atoms with Gasteiger partial charge in [-0.2, -0.15) is 18.2 Å². The third-order valence-electron chi connectivity index (χ3n) is 3.92. The van der Waals surface area contributed by atoms with E-state index in [4.69, 9.17) is 9.47 Å². The number of anilines is 2. The number of allylic oxidation sites excluding steroid dienone is 1. The van der Waals surface area contributed by atoms with Crippen LogP contribution in [0.5, 0.6) is 0 Å². The Morgan fingerprint density at radius 1 is 1.00 bits per heavy atom. The van der Waals surface area contributed by atoms with Crippen LogP contribution in [0.4, 0.5) is 24.9 Å². The van der Waals surface area contributed by atoms with Crippen molar-refractivity contribution in [1.82, 2.24) is 9.97 Å². The highest BCUT2D eigenvalue weighted by Crippen LogP contribution is 2.39. The topological polar surface area (TPSA) is 102 Å². The first-order valence-electron chi connectivity index (χ1n) is 9.31. The Morgan fingerprint density at radius 3 is 2.03 bits per heavy atom. The molecule has 1 rings (SSSR count). The number of ether oxygens (including phenoxy) is 2. The van der Waals surface area contributed by atoms with E-state index in [2.05, 4.69) is 20.6 Å². The second-order valence-corrected chi connectivity index (χ2v) is 6.82. The lowest BCUT2D eigenvalue weighted by molar-refractivity contribution is -0.193. The Balaban J connectivity index is 3.27. The minimum Gasteiger partial charge on any atom is -0.372 e. The van der Waals surface area contributed by atoms with E-state index in [1.54, 1.807) is 13.8 Å². The zero-order valence-corrected chi connectivity index (χ0v) is 17.6. The number of halogens is 3. The molecule has 0 unspecified atom stereocenters. The Bertz CT molecular complexity index is 780. The first-order valence-corrected chi connectivity index (χ1v) is 9.31. The van der Waals surface area contributed by atoms with E-state index in [0.29, 0.717) is 13.2 Å². The lowest BCUT2D eigenvalue weighted by Crippen LogP contribution is -2.29. The van der Waals surface area contributed by atoms with Gasteiger partial charge in [-0.05, 0) is 34.6 Å². The third-order valence-corrected chi connectivity index (χ3v) is 3.92. The lowest BCUT2D eigenvalue weighted by atomic mass is 9.91. The van der Waals surface area contributed by atoms with Crippen molar-refractivity contribution in [2.75, 3.05) is 37.1 Å². The number of aryl methyl sites for hydroxylation is 1. The Hall–Kier alpha value is -2.53. The van der Waals surface area contributed by atoms with Crippen LogP contribution in [0, 0.1) is 12.3 Å². The predicted octanol–water partition coefficient (Wildman–Crippen LogP) is 3.34. The molecule has 2 amide bonds. The maximum Gasteiger partial charge on any atom is 0.397 e. The molecule has 1 heterocycles. The zero-order chi connectivity index (χ0) is 22.9. The summed E-state index contributed by atoms with van der Waals surface area (Å²) < 4.78 is 49.5. The van der Waals surface area contributed by atoms with E-state index in [1.807, 2.05) is 0 Å². The highest BCUT2D eigenvalue weighted by molar-refractivity contribution is 5.94. The highest BCUT2D eigenvalue weighted by atomic mass is 19.4. The van der Waals surface area contributed by atoms with Crippen molar-refractivity contribution in [2.45, 2.75) is 40.8 Å². The maximum absolute atomic E-state index is 13.2. The molecule has 0 saturated carbocycles. The van der Waals surface area contributed by atoms with Gasteiger partial charge in [0.1, 0.15) is 19.0 Å². The number of carbonyl (C=O) groups excluding carboxylic acids is 2. The van der Waals surface area contributed by atoms with Gasteiger partial charge in [-0.1, -0.05) is 12.2 Å². The number of hydrogen-bond donors (Lipinski definition) is 2. The molecular weight excluding hydrogens is 405 g/mol. The molecule has 0 aliphatic heterocycles. The SMILES string of the molecule is CCOCC(=O)Nc1nc(C)c(C=CC(C)(C)C(F)(F)F)c(NC(=O)COCC)n1. The van der Waals surface area contributed by atoms with Gasteiger partial charge in [-0.15, -0.1) is 0 Å². The van der Waals surface area contributed by atoms with Crippen molar-refractivity contribution in [1.29, 1.82) is 0 Å². The van der Waals surface area contributed by atoms with Crippen LogP contribution in [0.3, 0.4) is 0 Å². The number of amides is 2. The van der Waals surface area contributed by atoms with Crippen LogP contribution >= 0.6 is 0 Å². The van der Waals surface area contributed by atoms with Crippen LogP contribution < -0.4 is 10.6 Å². The van der Waals surface area contributed by atoms with E-state index in [1.165, 1.54) is 13.0 Å². The van der Waals surface area contributed by atoms with E-state index >= 15 is 0 Å². The Labute approximate surface area is 173 Å². The van der Waals surface area contributed by atoms with Gasteiger partial charge in [0.2, 0.25) is 5.95 Å². The van der Waals surface area contributed by atoms with Gasteiger partial charge < -0.3 is 14.8 Å². The quantitative estimate of drug-likeness (QED) is 0.588. The van der Waals surface area contributed by atoms with Crippen LogP contribution in [-0.2, 0) is 19.1 Å². The summed E-state index contributed by atoms with van der Waals surface area (Å²) in [6.07, 6.45) is -2.31. The second kappa shape index (κ2) is 11.0. The predicted molar refractivity (Wildman–Crippen MR) is 106 cm³/mol. The molecule has 0 aliphatic carbocycles. The van der Waals surface area contributed by atoms with E-state index in [-0.39, 0.29) is 36.2 Å². The van der Waals surface area contributed by atoms with Crippen molar-refractivity contribution in [3.63, 3.8) is 0 Å². The minimum absolute atomic E-state index is 0.0480. The summed E-state index contributed by atoms with van der Waals surface area (Å²) in [7, 11) is 0. The number of alkyl halides is 3. The molecule has 0 saturated heterocycles. The molecule has 0 fully saturated rings. The summed E-state index contributed by atoms with van der Waals surface area (Å²) >= 11 is 0. The summed E-state index contributed by atoms with van der Waals surface area (Å²) in [5.41, 5.74) is -1.67. The smallest absolute Gasteiger partial charge is 0.372 e. The molecule has 8 nitrogen and oxygen atoms in total. The third kappa shape index (κ3) is 7.71. The van der Waals surface area contributed by atoms with E-state index in [9.17, 15) is 22.8 Å². The van der Waals surface area contributed by atoms with Crippen molar-refractivity contribution >= 4 is 29.7 Å². The van der Waals surface area contributed by atoms with Crippen molar-refractivity contribution in [3.8, 4) is 0 Å². The number of hydrogen-bond acceptors (Lipinski definition) is 6. The Morgan fingerprint density at radius 2 is 1.53 bits per heavy atom. The first kappa shape index (κ1) is 25.5. The summed E-state index contributed by atoms with van der Waals surface area (Å²) in [5.74, 6) is -1.22. The standard InChI is InChI=1S/C19H27F3N4O4/c1-6-29-10-14(27)24-16-13(8-9-18(4,5)19(20,21)22)12(3)23-17(26-16)25-15(28)11-30-7-2/h8-9H,6-7,10-11H2,1-5H3,(H2,23,24,25,26,27,28). The van der Waals surface area contributed by atoms with Gasteiger partial charge in [0.25, 0.3) is 11.8 Å². The molecule has 1 aromatic rings. The minimum atomic E-state index is -4.47. The average molecular weight is 432 g/mol. The molecule has 30 heavy (non-hydrogen) atoms. The van der Waals surface area contributed by atoms with Crippen LogP contribution in [0.2, 0.25) is 0 Å². The van der Waals surface area contributed by atoms with Gasteiger partial charge in [0.15, 0.2) is 0 Å². The molecule has 0 radical (unpaired) electrons. The monoisotopic (exact) mass is 432 g/mol. The normalized spacial score (nSPS) is 12.3. The average Bonchev–Trinajstić information content (AvgIpc) is 2.63.